The molecular weight excluding hydrogens is 148 g/mol. The van der Waals surface area contributed by atoms with Crippen molar-refractivity contribution in [2.75, 3.05) is 0 Å². The fraction of sp³-hybridized carbons (Fsp3) is 0.600. The summed E-state index contributed by atoms with van der Waals surface area (Å²) in [6.45, 7) is 0. The van der Waals surface area contributed by atoms with Gasteiger partial charge in [-0.2, -0.15) is 5.21 Å². The second kappa shape index (κ2) is 1.77. The molecule has 2 N–H and O–H groups in total. The number of hydrogen-bond donors (Lipinski definition) is 2. The lowest BCUT2D eigenvalue weighted by Crippen LogP contribution is -2.21. The van der Waals surface area contributed by atoms with Crippen LogP contribution in [-0.4, -0.2) is 31.7 Å². The lowest BCUT2D eigenvalue weighted by molar-refractivity contribution is -0.140. The number of aliphatic carboxylic acids is 1. The zero-order valence-corrected chi connectivity index (χ0v) is 5.61. The number of carboxylic acid groups (broad SMARTS) is 1. The summed E-state index contributed by atoms with van der Waals surface area (Å²) in [5, 5.41) is 21.6. The van der Waals surface area contributed by atoms with E-state index >= 15 is 0 Å². The summed E-state index contributed by atoms with van der Waals surface area (Å²) in [7, 11) is 0. The first-order chi connectivity index (χ1) is 5.26. The summed E-state index contributed by atoms with van der Waals surface area (Å²) in [6, 6.07) is 0. The van der Waals surface area contributed by atoms with Crippen molar-refractivity contribution < 1.29 is 9.90 Å². The van der Waals surface area contributed by atoms with Crippen molar-refractivity contribution in [3.8, 4) is 0 Å². The average Bonchev–Trinajstić information content (AvgIpc) is 2.61. The zero-order valence-electron chi connectivity index (χ0n) is 5.61. The standard InChI is InChI=1S/C5H6N4O2/c10-4(11)5(1-2-5)3-6-8-9-7-3/h1-2H2,(H,10,11)(H,6,7,8,9). The predicted molar refractivity (Wildman–Crippen MR) is 32.7 cm³/mol. The Morgan fingerprint density at radius 1 is 1.64 bits per heavy atom. The SMILES string of the molecule is O=C(O)C1(c2nn[nH]n2)CC1. The van der Waals surface area contributed by atoms with E-state index in [-0.39, 0.29) is 0 Å². The Morgan fingerprint density at radius 3 is 2.73 bits per heavy atom. The molecule has 1 aromatic heterocycles. The van der Waals surface area contributed by atoms with Gasteiger partial charge in [0.25, 0.3) is 0 Å². The fourth-order valence-electron chi connectivity index (χ4n) is 1.02. The van der Waals surface area contributed by atoms with Gasteiger partial charge in [-0.15, -0.1) is 10.2 Å². The molecule has 0 radical (unpaired) electrons. The van der Waals surface area contributed by atoms with Gasteiger partial charge in [0.15, 0.2) is 5.82 Å². The van der Waals surface area contributed by atoms with Crippen LogP contribution >= 0.6 is 0 Å². The van der Waals surface area contributed by atoms with Crippen molar-refractivity contribution in [3.63, 3.8) is 0 Å². The lowest BCUT2D eigenvalue weighted by Gasteiger charge is -2.00. The van der Waals surface area contributed by atoms with Crippen LogP contribution in [0.5, 0.6) is 0 Å². The third kappa shape index (κ3) is 0.719. The van der Waals surface area contributed by atoms with Crippen molar-refractivity contribution in [2.45, 2.75) is 18.3 Å². The van der Waals surface area contributed by atoms with Gasteiger partial charge >= 0.3 is 5.97 Å². The number of tetrazole rings is 1. The van der Waals surface area contributed by atoms with Crippen molar-refractivity contribution in [1.82, 2.24) is 20.6 Å². The van der Waals surface area contributed by atoms with E-state index in [2.05, 4.69) is 20.6 Å². The van der Waals surface area contributed by atoms with Crippen LogP contribution in [0.3, 0.4) is 0 Å². The Kier molecular flexibility index (Phi) is 1.01. The first kappa shape index (κ1) is 6.26. The van der Waals surface area contributed by atoms with Crippen molar-refractivity contribution in [2.24, 2.45) is 0 Å². The van der Waals surface area contributed by atoms with Crippen LogP contribution < -0.4 is 0 Å². The molecule has 11 heavy (non-hydrogen) atoms. The zero-order chi connectivity index (χ0) is 7.90. The van der Waals surface area contributed by atoms with Gasteiger partial charge in [0.2, 0.25) is 0 Å². The monoisotopic (exact) mass is 154 g/mol. The van der Waals surface area contributed by atoms with Crippen molar-refractivity contribution >= 4 is 5.97 Å². The number of H-pyrrole nitrogens is 1. The highest BCUT2D eigenvalue weighted by molar-refractivity contribution is 5.83. The van der Waals surface area contributed by atoms with Gasteiger partial charge in [-0.05, 0) is 12.8 Å². The third-order valence-electron chi connectivity index (χ3n) is 1.93. The Bertz CT molecular complexity index is 277. The van der Waals surface area contributed by atoms with E-state index in [1.165, 1.54) is 0 Å². The molecule has 6 heteroatoms. The minimum absolute atomic E-state index is 0.296. The maximum absolute atomic E-state index is 10.7. The number of rotatable bonds is 2. The van der Waals surface area contributed by atoms with Crippen molar-refractivity contribution in [3.05, 3.63) is 5.82 Å². The molecule has 0 amide bonds. The average molecular weight is 154 g/mol. The molecule has 1 fully saturated rings. The highest BCUT2D eigenvalue weighted by atomic mass is 16.4. The van der Waals surface area contributed by atoms with Gasteiger partial charge < -0.3 is 5.11 Å². The number of carboxylic acids is 1. The number of aromatic nitrogens is 4. The Labute approximate surface area is 61.6 Å². The van der Waals surface area contributed by atoms with E-state index in [9.17, 15) is 4.79 Å². The molecule has 1 aliphatic rings. The van der Waals surface area contributed by atoms with E-state index < -0.39 is 11.4 Å². The van der Waals surface area contributed by atoms with Gasteiger partial charge in [0.05, 0.1) is 0 Å². The molecule has 0 aromatic carbocycles. The molecule has 0 bridgehead atoms. The van der Waals surface area contributed by atoms with Crippen LogP contribution in [0.2, 0.25) is 0 Å². The van der Waals surface area contributed by atoms with Crippen LogP contribution in [0.15, 0.2) is 0 Å². The topological polar surface area (TPSA) is 91.8 Å². The second-order valence-electron chi connectivity index (χ2n) is 2.62. The smallest absolute Gasteiger partial charge is 0.317 e. The van der Waals surface area contributed by atoms with Crippen LogP contribution in [0, 0.1) is 0 Å². The number of hydrogen-bond acceptors (Lipinski definition) is 4. The minimum Gasteiger partial charge on any atom is -0.480 e. The summed E-state index contributed by atoms with van der Waals surface area (Å²) in [5.41, 5.74) is -0.826. The maximum atomic E-state index is 10.7. The summed E-state index contributed by atoms with van der Waals surface area (Å²) in [4.78, 5) is 10.7. The minimum atomic E-state index is -0.862. The molecule has 0 unspecified atom stereocenters. The highest BCUT2D eigenvalue weighted by Gasteiger charge is 2.55. The molecule has 1 aliphatic carbocycles. The van der Waals surface area contributed by atoms with Crippen LogP contribution in [0.1, 0.15) is 18.7 Å². The third-order valence-corrected chi connectivity index (χ3v) is 1.93. The van der Waals surface area contributed by atoms with E-state index in [1.807, 2.05) is 0 Å². The van der Waals surface area contributed by atoms with E-state index in [4.69, 9.17) is 5.11 Å². The predicted octanol–water partition coefficient (Wildman–Crippen LogP) is -0.684. The van der Waals surface area contributed by atoms with Crippen LogP contribution in [0.4, 0.5) is 0 Å². The van der Waals surface area contributed by atoms with Crippen molar-refractivity contribution in [1.29, 1.82) is 0 Å². The van der Waals surface area contributed by atoms with E-state index in [1.54, 1.807) is 0 Å². The first-order valence-electron chi connectivity index (χ1n) is 3.23. The molecule has 1 aromatic rings. The number of nitrogens with one attached hydrogen (secondary N) is 1. The highest BCUT2D eigenvalue weighted by Crippen LogP contribution is 2.46. The molecule has 0 saturated heterocycles. The summed E-state index contributed by atoms with van der Waals surface area (Å²) in [5.74, 6) is -0.566. The second-order valence-corrected chi connectivity index (χ2v) is 2.62. The Morgan fingerprint density at radius 2 is 2.36 bits per heavy atom. The van der Waals surface area contributed by atoms with Crippen LogP contribution in [-0.2, 0) is 10.2 Å². The van der Waals surface area contributed by atoms with Gasteiger partial charge in [-0.1, -0.05) is 5.21 Å². The molecule has 6 nitrogen and oxygen atoms in total. The molecule has 0 atom stereocenters. The lowest BCUT2D eigenvalue weighted by atomic mass is 10.1. The molecule has 2 rings (SSSR count). The summed E-state index contributed by atoms with van der Waals surface area (Å²) >= 11 is 0. The first-order valence-corrected chi connectivity index (χ1v) is 3.23. The van der Waals surface area contributed by atoms with Gasteiger partial charge in [0, 0.05) is 0 Å². The largest absolute Gasteiger partial charge is 0.480 e. The maximum Gasteiger partial charge on any atom is 0.317 e. The molecule has 0 aliphatic heterocycles. The normalized spacial score (nSPS) is 19.6. The van der Waals surface area contributed by atoms with E-state index in [0.717, 1.165) is 0 Å². The van der Waals surface area contributed by atoms with Gasteiger partial charge in [0.1, 0.15) is 5.41 Å². The summed E-state index contributed by atoms with van der Waals surface area (Å²) < 4.78 is 0. The fourth-order valence-corrected chi connectivity index (χ4v) is 1.02. The van der Waals surface area contributed by atoms with Crippen LogP contribution in [0.25, 0.3) is 0 Å². The van der Waals surface area contributed by atoms with E-state index in [0.29, 0.717) is 18.7 Å². The van der Waals surface area contributed by atoms with Gasteiger partial charge in [-0.25, -0.2) is 0 Å². The summed E-state index contributed by atoms with van der Waals surface area (Å²) in [6.07, 6.45) is 1.23. The number of aromatic amines is 1. The van der Waals surface area contributed by atoms with Gasteiger partial charge in [-0.3, -0.25) is 4.79 Å². The molecular formula is C5H6N4O2. The number of nitrogens with zero attached hydrogens (tertiary/aromatic N) is 3. The Hall–Kier alpha value is -1.46. The molecule has 1 heterocycles. The molecule has 0 spiro atoms. The molecule has 1 saturated carbocycles. The number of carbonyl (C=O) groups is 1. The Balaban J connectivity index is 2.36. The molecule has 58 valence electrons. The quantitative estimate of drug-likeness (QED) is 0.588.